The molecule has 0 aromatic rings. The Morgan fingerprint density at radius 1 is 1.07 bits per heavy atom. The maximum absolute atomic E-state index is 4.99. The number of rotatable bonds is 7. The van der Waals surface area contributed by atoms with Gasteiger partial charge in [-0.1, -0.05) is 6.08 Å². The molecule has 0 amide bonds. The fourth-order valence-electron chi connectivity index (χ4n) is 1.66. The third-order valence-corrected chi connectivity index (χ3v) is 2.49. The van der Waals surface area contributed by atoms with Crippen LogP contribution in [0.5, 0.6) is 0 Å². The molecule has 0 bridgehead atoms. The van der Waals surface area contributed by atoms with E-state index in [0.29, 0.717) is 12.1 Å². The molecule has 2 heteroatoms. The van der Waals surface area contributed by atoms with E-state index in [1.807, 2.05) is 0 Å². The van der Waals surface area contributed by atoms with Gasteiger partial charge in [0.2, 0.25) is 0 Å². The second-order valence-electron chi connectivity index (χ2n) is 4.34. The summed E-state index contributed by atoms with van der Waals surface area (Å²) < 4.78 is 4.99. The first-order valence-electron chi connectivity index (χ1n) is 5.59. The van der Waals surface area contributed by atoms with Crippen molar-refractivity contribution in [1.29, 1.82) is 0 Å². The van der Waals surface area contributed by atoms with Crippen LogP contribution in [0.3, 0.4) is 0 Å². The molecule has 0 atom stereocenters. The van der Waals surface area contributed by atoms with Crippen molar-refractivity contribution >= 4 is 0 Å². The number of hydrogen-bond donors (Lipinski definition) is 1. The highest BCUT2D eigenvalue weighted by molar-refractivity contribution is 4.80. The zero-order valence-corrected chi connectivity index (χ0v) is 10.3. The maximum Gasteiger partial charge on any atom is 0.0961 e. The van der Waals surface area contributed by atoms with Crippen LogP contribution in [0.15, 0.2) is 12.2 Å². The summed E-state index contributed by atoms with van der Waals surface area (Å²) in [6.07, 6.45) is 5.52. The lowest BCUT2D eigenvalue weighted by molar-refractivity contribution is -0.936. The normalized spacial score (nSPS) is 12.6. The zero-order chi connectivity index (χ0) is 11.0. The number of hydrogen-bond acceptors (Lipinski definition) is 1. The van der Waals surface area contributed by atoms with Gasteiger partial charge in [0.25, 0.3) is 0 Å². The molecule has 0 aliphatic heterocycles. The molecule has 0 aromatic carbocycles. The Bertz CT molecular complexity index is 144. The predicted molar refractivity (Wildman–Crippen MR) is 61.7 cm³/mol. The van der Waals surface area contributed by atoms with Gasteiger partial charge in [0.15, 0.2) is 0 Å². The second-order valence-corrected chi connectivity index (χ2v) is 4.34. The Morgan fingerprint density at radius 2 is 1.64 bits per heavy atom. The molecule has 0 saturated heterocycles. The molecule has 0 unspecified atom stereocenters. The fourth-order valence-corrected chi connectivity index (χ4v) is 1.66. The molecule has 14 heavy (non-hydrogen) atoms. The van der Waals surface area contributed by atoms with Gasteiger partial charge < -0.3 is 9.64 Å². The highest BCUT2D eigenvalue weighted by Crippen LogP contribution is 1.83. The summed E-state index contributed by atoms with van der Waals surface area (Å²) in [5.41, 5.74) is 0. The van der Waals surface area contributed by atoms with Crippen molar-refractivity contribution in [2.45, 2.75) is 46.2 Å². The highest BCUT2D eigenvalue weighted by atomic mass is 16.5. The van der Waals surface area contributed by atoms with Crippen LogP contribution in [-0.2, 0) is 4.74 Å². The molecular formula is C12H26NO+. The minimum atomic E-state index is 0.696. The van der Waals surface area contributed by atoms with E-state index < -0.39 is 0 Å². The average Bonchev–Trinajstić information content (AvgIpc) is 2.09. The van der Waals surface area contributed by atoms with Crippen LogP contribution < -0.4 is 4.90 Å². The fraction of sp³-hybridized carbons (Fsp3) is 0.833. The van der Waals surface area contributed by atoms with Crippen LogP contribution in [0, 0.1) is 0 Å². The van der Waals surface area contributed by atoms with E-state index in [4.69, 9.17) is 4.74 Å². The maximum atomic E-state index is 4.99. The first-order valence-corrected chi connectivity index (χ1v) is 5.59. The second kappa shape index (κ2) is 8.01. The van der Waals surface area contributed by atoms with E-state index in [1.165, 1.54) is 0 Å². The third-order valence-electron chi connectivity index (χ3n) is 2.49. The van der Waals surface area contributed by atoms with Crippen LogP contribution in [0.2, 0.25) is 0 Å². The van der Waals surface area contributed by atoms with Gasteiger partial charge in [-0.3, -0.25) is 0 Å². The molecule has 0 aliphatic carbocycles. The van der Waals surface area contributed by atoms with E-state index in [1.54, 1.807) is 12.0 Å². The van der Waals surface area contributed by atoms with Gasteiger partial charge in [0.1, 0.15) is 0 Å². The van der Waals surface area contributed by atoms with Gasteiger partial charge in [0.05, 0.1) is 18.6 Å². The molecule has 0 saturated carbocycles. The average molecular weight is 200 g/mol. The standard InChI is InChI=1S/C12H25NO/c1-11(2)13(12(3)4)9-7-6-8-10-14-5/h6-7,11-12H,8-10H2,1-5H3/p+1. The number of ether oxygens (including phenoxy) is 1. The smallest absolute Gasteiger partial charge is 0.0961 e. The third kappa shape index (κ3) is 6.17. The summed E-state index contributed by atoms with van der Waals surface area (Å²) in [5.74, 6) is 0. The summed E-state index contributed by atoms with van der Waals surface area (Å²) in [7, 11) is 1.74. The van der Waals surface area contributed by atoms with Gasteiger partial charge in [-0.05, 0) is 40.2 Å². The Labute approximate surface area is 88.9 Å². The van der Waals surface area contributed by atoms with Crippen molar-refractivity contribution in [3.63, 3.8) is 0 Å². The van der Waals surface area contributed by atoms with Crippen molar-refractivity contribution < 1.29 is 9.64 Å². The lowest BCUT2D eigenvalue weighted by atomic mass is 10.2. The van der Waals surface area contributed by atoms with Crippen LogP contribution >= 0.6 is 0 Å². The van der Waals surface area contributed by atoms with E-state index in [0.717, 1.165) is 19.6 Å². The van der Waals surface area contributed by atoms with Crippen molar-refractivity contribution in [2.75, 3.05) is 20.3 Å². The van der Waals surface area contributed by atoms with Crippen LogP contribution in [0.25, 0.3) is 0 Å². The minimum absolute atomic E-state index is 0.696. The molecule has 0 aromatic heterocycles. The van der Waals surface area contributed by atoms with Crippen LogP contribution in [-0.4, -0.2) is 32.3 Å². The Kier molecular flexibility index (Phi) is 7.81. The molecule has 1 N–H and O–H groups in total. The molecule has 84 valence electrons. The van der Waals surface area contributed by atoms with E-state index >= 15 is 0 Å². The Hall–Kier alpha value is -0.340. The monoisotopic (exact) mass is 200 g/mol. The number of nitrogens with one attached hydrogen (secondary N) is 1. The lowest BCUT2D eigenvalue weighted by Gasteiger charge is -2.26. The Balaban J connectivity index is 3.76. The van der Waals surface area contributed by atoms with Crippen molar-refractivity contribution in [2.24, 2.45) is 0 Å². The topological polar surface area (TPSA) is 13.7 Å². The molecule has 0 heterocycles. The predicted octanol–water partition coefficient (Wildman–Crippen LogP) is 1.28. The number of methoxy groups -OCH3 is 1. The highest BCUT2D eigenvalue weighted by Gasteiger charge is 2.14. The van der Waals surface area contributed by atoms with E-state index in [9.17, 15) is 0 Å². The molecule has 2 nitrogen and oxygen atoms in total. The SMILES string of the molecule is COCCC=CC[NH+](C(C)C)C(C)C. The summed E-state index contributed by atoms with van der Waals surface area (Å²) in [6.45, 7) is 11.1. The summed E-state index contributed by atoms with van der Waals surface area (Å²) in [4.78, 5) is 1.64. The van der Waals surface area contributed by atoms with Crippen molar-refractivity contribution in [3.8, 4) is 0 Å². The van der Waals surface area contributed by atoms with Crippen LogP contribution in [0.1, 0.15) is 34.1 Å². The molecule has 0 rings (SSSR count). The summed E-state index contributed by atoms with van der Waals surface area (Å²) in [6, 6.07) is 1.39. The van der Waals surface area contributed by atoms with E-state index in [2.05, 4.69) is 39.8 Å². The molecule has 0 aliphatic rings. The summed E-state index contributed by atoms with van der Waals surface area (Å²) >= 11 is 0. The molecule has 0 radical (unpaired) electrons. The molecular weight excluding hydrogens is 174 g/mol. The van der Waals surface area contributed by atoms with Crippen molar-refractivity contribution in [1.82, 2.24) is 0 Å². The Morgan fingerprint density at radius 3 is 2.07 bits per heavy atom. The van der Waals surface area contributed by atoms with Gasteiger partial charge in [-0.15, -0.1) is 0 Å². The van der Waals surface area contributed by atoms with Crippen LogP contribution in [0.4, 0.5) is 0 Å². The van der Waals surface area contributed by atoms with Gasteiger partial charge >= 0.3 is 0 Å². The van der Waals surface area contributed by atoms with Gasteiger partial charge in [0, 0.05) is 13.7 Å². The first-order chi connectivity index (χ1) is 6.59. The van der Waals surface area contributed by atoms with Gasteiger partial charge in [-0.25, -0.2) is 0 Å². The zero-order valence-electron chi connectivity index (χ0n) is 10.3. The minimum Gasteiger partial charge on any atom is -0.384 e. The first kappa shape index (κ1) is 13.7. The lowest BCUT2D eigenvalue weighted by Crippen LogP contribution is -3.17. The molecule has 0 spiro atoms. The van der Waals surface area contributed by atoms with Gasteiger partial charge in [-0.2, -0.15) is 0 Å². The van der Waals surface area contributed by atoms with E-state index in [-0.39, 0.29) is 0 Å². The summed E-state index contributed by atoms with van der Waals surface area (Å²) in [5, 5.41) is 0. The number of quaternary nitrogens is 1. The largest absolute Gasteiger partial charge is 0.384 e. The quantitative estimate of drug-likeness (QED) is 0.483. The van der Waals surface area contributed by atoms with Crippen molar-refractivity contribution in [3.05, 3.63) is 12.2 Å². The molecule has 0 fully saturated rings.